The highest BCUT2D eigenvalue weighted by Gasteiger charge is 2.32. The summed E-state index contributed by atoms with van der Waals surface area (Å²) in [7, 11) is -1.84. The van der Waals surface area contributed by atoms with Gasteiger partial charge in [-0.1, -0.05) is 13.8 Å². The molecular weight excluding hydrogens is 366 g/mol. The second-order valence-corrected chi connectivity index (χ2v) is 8.89. The minimum absolute atomic E-state index is 0.109. The van der Waals surface area contributed by atoms with Gasteiger partial charge in [-0.3, -0.25) is 0 Å². The summed E-state index contributed by atoms with van der Waals surface area (Å²) < 4.78 is 30.7. The van der Waals surface area contributed by atoms with Crippen LogP contribution in [0, 0.1) is 0 Å². The quantitative estimate of drug-likeness (QED) is 0.726. The Morgan fingerprint density at radius 2 is 1.78 bits per heavy atom. The standard InChI is InChI=1S/C19H31N3O4S/c1-4-21(5-2)15-12-20-19(23)22-13-10-18(11-14-22)27(24,25)17-8-6-16(26-3)7-9-17/h6-9,18H,4-5,10-15H2,1-3H3,(H,20,23). The minimum Gasteiger partial charge on any atom is -0.497 e. The summed E-state index contributed by atoms with van der Waals surface area (Å²) >= 11 is 0. The van der Waals surface area contributed by atoms with E-state index >= 15 is 0 Å². The Labute approximate surface area is 162 Å². The molecule has 1 aliphatic heterocycles. The van der Waals surface area contributed by atoms with Crippen LogP contribution >= 0.6 is 0 Å². The summed E-state index contributed by atoms with van der Waals surface area (Å²) in [6.07, 6.45) is 0.912. The molecule has 0 spiro atoms. The van der Waals surface area contributed by atoms with Crippen molar-refractivity contribution >= 4 is 15.9 Å². The third-order valence-corrected chi connectivity index (χ3v) is 7.43. The summed E-state index contributed by atoms with van der Waals surface area (Å²) in [5.41, 5.74) is 0. The van der Waals surface area contributed by atoms with E-state index in [0.29, 0.717) is 43.1 Å². The van der Waals surface area contributed by atoms with E-state index < -0.39 is 15.1 Å². The highest BCUT2D eigenvalue weighted by molar-refractivity contribution is 7.92. The van der Waals surface area contributed by atoms with Gasteiger partial charge in [0.25, 0.3) is 0 Å². The Morgan fingerprint density at radius 3 is 2.30 bits per heavy atom. The monoisotopic (exact) mass is 397 g/mol. The lowest BCUT2D eigenvalue weighted by atomic mass is 10.1. The van der Waals surface area contributed by atoms with Crippen LogP contribution in [0.5, 0.6) is 5.75 Å². The number of likely N-dealkylation sites (tertiary alicyclic amines) is 1. The molecular formula is C19H31N3O4S. The lowest BCUT2D eigenvalue weighted by molar-refractivity contribution is 0.184. The van der Waals surface area contributed by atoms with Crippen LogP contribution < -0.4 is 10.1 Å². The van der Waals surface area contributed by atoms with E-state index in [1.165, 1.54) is 0 Å². The largest absolute Gasteiger partial charge is 0.497 e. The number of carbonyl (C=O) groups excluding carboxylic acids is 1. The van der Waals surface area contributed by atoms with Crippen LogP contribution in [0.3, 0.4) is 0 Å². The second-order valence-electron chi connectivity index (χ2n) is 6.67. The molecule has 0 saturated carbocycles. The van der Waals surface area contributed by atoms with Crippen LogP contribution in [0.25, 0.3) is 0 Å². The van der Waals surface area contributed by atoms with Gasteiger partial charge in [-0.25, -0.2) is 13.2 Å². The van der Waals surface area contributed by atoms with Gasteiger partial charge < -0.3 is 19.9 Å². The number of amides is 2. The van der Waals surface area contributed by atoms with E-state index in [-0.39, 0.29) is 6.03 Å². The van der Waals surface area contributed by atoms with E-state index in [0.717, 1.165) is 19.6 Å². The van der Waals surface area contributed by atoms with Crippen molar-refractivity contribution in [1.29, 1.82) is 0 Å². The summed E-state index contributed by atoms with van der Waals surface area (Å²) in [5.74, 6) is 0.630. The van der Waals surface area contributed by atoms with Crippen molar-refractivity contribution in [3.63, 3.8) is 0 Å². The van der Waals surface area contributed by atoms with Crippen molar-refractivity contribution < 1.29 is 17.9 Å². The molecule has 7 nitrogen and oxygen atoms in total. The molecule has 1 aromatic carbocycles. The minimum atomic E-state index is -3.39. The summed E-state index contributed by atoms with van der Waals surface area (Å²) in [6, 6.07) is 6.37. The molecule has 152 valence electrons. The number of carbonyl (C=O) groups is 1. The summed E-state index contributed by atoms with van der Waals surface area (Å²) in [5, 5.41) is 2.48. The van der Waals surface area contributed by atoms with Crippen LogP contribution in [-0.2, 0) is 9.84 Å². The Bertz CT molecular complexity index is 694. The number of methoxy groups -OCH3 is 1. The summed E-state index contributed by atoms with van der Waals surface area (Å²) in [4.78, 5) is 16.6. The number of nitrogens with one attached hydrogen (secondary N) is 1. The van der Waals surface area contributed by atoms with Gasteiger partial charge in [0.2, 0.25) is 0 Å². The number of rotatable bonds is 8. The van der Waals surface area contributed by atoms with Gasteiger partial charge in [0.05, 0.1) is 17.3 Å². The Morgan fingerprint density at radius 1 is 1.19 bits per heavy atom. The molecule has 0 unspecified atom stereocenters. The molecule has 1 fully saturated rings. The first-order valence-corrected chi connectivity index (χ1v) is 11.1. The van der Waals surface area contributed by atoms with Gasteiger partial charge in [0, 0.05) is 26.2 Å². The van der Waals surface area contributed by atoms with Gasteiger partial charge in [-0.15, -0.1) is 0 Å². The van der Waals surface area contributed by atoms with Crippen molar-refractivity contribution in [2.45, 2.75) is 36.8 Å². The Kier molecular flexibility index (Phi) is 7.91. The molecule has 1 aliphatic rings. The smallest absolute Gasteiger partial charge is 0.317 e. The van der Waals surface area contributed by atoms with Gasteiger partial charge in [-0.05, 0) is 50.2 Å². The fourth-order valence-electron chi connectivity index (χ4n) is 3.30. The third-order valence-electron chi connectivity index (χ3n) is 5.15. The lowest BCUT2D eigenvalue weighted by Crippen LogP contribution is -2.48. The maximum absolute atomic E-state index is 12.8. The number of ether oxygens (including phenoxy) is 1. The predicted molar refractivity (Wildman–Crippen MR) is 106 cm³/mol. The molecule has 1 saturated heterocycles. The fraction of sp³-hybridized carbons (Fsp3) is 0.632. The second kappa shape index (κ2) is 9.94. The highest BCUT2D eigenvalue weighted by Crippen LogP contribution is 2.26. The van der Waals surface area contributed by atoms with Crippen molar-refractivity contribution in [2.24, 2.45) is 0 Å². The van der Waals surface area contributed by atoms with Crippen molar-refractivity contribution in [1.82, 2.24) is 15.1 Å². The molecule has 0 aliphatic carbocycles. The average molecular weight is 398 g/mol. The molecule has 27 heavy (non-hydrogen) atoms. The lowest BCUT2D eigenvalue weighted by Gasteiger charge is -2.32. The molecule has 0 radical (unpaired) electrons. The zero-order chi connectivity index (χ0) is 19.9. The van der Waals surface area contributed by atoms with E-state index in [1.54, 1.807) is 36.3 Å². The third kappa shape index (κ3) is 5.59. The number of hydrogen-bond donors (Lipinski definition) is 1. The molecule has 2 rings (SSSR count). The van der Waals surface area contributed by atoms with Gasteiger partial charge >= 0.3 is 6.03 Å². The molecule has 8 heteroatoms. The van der Waals surface area contributed by atoms with E-state index in [2.05, 4.69) is 24.1 Å². The van der Waals surface area contributed by atoms with Crippen LogP contribution in [0.1, 0.15) is 26.7 Å². The van der Waals surface area contributed by atoms with E-state index in [1.807, 2.05) is 0 Å². The molecule has 1 aromatic rings. The summed E-state index contributed by atoms with van der Waals surface area (Å²) in [6.45, 7) is 8.45. The molecule has 0 aromatic heterocycles. The first kappa shape index (κ1) is 21.5. The predicted octanol–water partition coefficient (Wildman–Crippen LogP) is 1.98. The SMILES string of the molecule is CCN(CC)CCNC(=O)N1CCC(S(=O)(=O)c2ccc(OC)cc2)CC1. The van der Waals surface area contributed by atoms with Crippen molar-refractivity contribution in [3.05, 3.63) is 24.3 Å². The fourth-order valence-corrected chi connectivity index (χ4v) is 5.03. The average Bonchev–Trinajstić information content (AvgIpc) is 2.71. The number of hydrogen-bond acceptors (Lipinski definition) is 5. The Hall–Kier alpha value is -1.80. The van der Waals surface area contributed by atoms with Crippen molar-refractivity contribution in [2.75, 3.05) is 46.4 Å². The van der Waals surface area contributed by atoms with Crippen LogP contribution in [0.4, 0.5) is 4.79 Å². The number of benzene rings is 1. The number of urea groups is 1. The molecule has 2 amide bonds. The van der Waals surface area contributed by atoms with E-state index in [4.69, 9.17) is 4.74 Å². The van der Waals surface area contributed by atoms with Gasteiger partial charge in [0.1, 0.15) is 5.75 Å². The zero-order valence-corrected chi connectivity index (χ0v) is 17.3. The van der Waals surface area contributed by atoms with Gasteiger partial charge in [0.15, 0.2) is 9.84 Å². The molecule has 1 N–H and O–H groups in total. The van der Waals surface area contributed by atoms with E-state index in [9.17, 15) is 13.2 Å². The number of piperidine rings is 1. The molecule has 1 heterocycles. The van der Waals surface area contributed by atoms with Crippen molar-refractivity contribution in [3.8, 4) is 5.75 Å². The highest BCUT2D eigenvalue weighted by atomic mass is 32.2. The maximum atomic E-state index is 12.8. The molecule has 0 bridgehead atoms. The number of nitrogens with zero attached hydrogens (tertiary/aromatic N) is 2. The molecule has 0 atom stereocenters. The van der Waals surface area contributed by atoms with Crippen LogP contribution in [0.15, 0.2) is 29.2 Å². The first-order chi connectivity index (χ1) is 12.9. The van der Waals surface area contributed by atoms with Crippen LogP contribution in [-0.4, -0.2) is 75.9 Å². The first-order valence-electron chi connectivity index (χ1n) is 9.55. The topological polar surface area (TPSA) is 79.0 Å². The van der Waals surface area contributed by atoms with Gasteiger partial charge in [-0.2, -0.15) is 0 Å². The number of sulfone groups is 1. The normalized spacial score (nSPS) is 15.8. The maximum Gasteiger partial charge on any atom is 0.317 e. The van der Waals surface area contributed by atoms with Crippen LogP contribution in [0.2, 0.25) is 0 Å². The zero-order valence-electron chi connectivity index (χ0n) is 16.5. The Balaban J connectivity index is 1.85. The number of likely N-dealkylation sites (N-methyl/N-ethyl adjacent to an activating group) is 1.